The molecule has 2 saturated heterocycles. The minimum absolute atomic E-state index is 0.111. The first kappa shape index (κ1) is 24.7. The van der Waals surface area contributed by atoms with E-state index >= 15 is 0 Å². The zero-order valence-corrected chi connectivity index (χ0v) is 20.9. The Kier molecular flexibility index (Phi) is 6.48. The van der Waals surface area contributed by atoms with Crippen LogP contribution in [0.1, 0.15) is 37.1 Å². The lowest BCUT2D eigenvalue weighted by atomic mass is 10.0. The molecule has 4 N–H and O–H groups in total. The molecule has 3 aliphatic rings. The molecule has 6 rings (SSSR count). The molecule has 2 aromatic carbocycles. The highest BCUT2D eigenvalue weighted by Crippen LogP contribution is 2.49. The van der Waals surface area contributed by atoms with E-state index in [4.69, 9.17) is 14.9 Å². The normalized spacial score (nSPS) is 22.7. The van der Waals surface area contributed by atoms with Crippen molar-refractivity contribution < 1.29 is 23.0 Å². The average molecular weight is 525 g/mol. The third-order valence-corrected chi connectivity index (χ3v) is 7.27. The molecule has 200 valence electrons. The molecule has 0 spiro atoms. The quantitative estimate of drug-likeness (QED) is 0.342. The first-order valence-corrected chi connectivity index (χ1v) is 13.0. The van der Waals surface area contributed by atoms with Crippen LogP contribution in [0.15, 0.2) is 36.4 Å². The van der Waals surface area contributed by atoms with Crippen molar-refractivity contribution in [2.24, 2.45) is 5.92 Å². The van der Waals surface area contributed by atoms with Crippen LogP contribution in [0.25, 0.3) is 11.0 Å². The number of morpholine rings is 1. The number of carbonyl (C=O) groups is 1. The van der Waals surface area contributed by atoms with Crippen molar-refractivity contribution in [1.29, 1.82) is 5.41 Å². The number of hydrogen-bond acceptors (Lipinski definition) is 7. The Morgan fingerprint density at radius 3 is 2.68 bits per heavy atom. The summed E-state index contributed by atoms with van der Waals surface area (Å²) in [4.78, 5) is 22.5. The second-order valence-electron chi connectivity index (χ2n) is 10.0. The molecule has 3 heterocycles. The number of ether oxygens (including phenoxy) is 2. The lowest BCUT2D eigenvalue weighted by Gasteiger charge is -2.28. The van der Waals surface area contributed by atoms with Gasteiger partial charge in [-0.3, -0.25) is 10.2 Å². The van der Waals surface area contributed by atoms with E-state index in [1.807, 2.05) is 18.2 Å². The number of nitrogens with zero attached hydrogens (tertiary/aromatic N) is 2. The van der Waals surface area contributed by atoms with E-state index in [9.17, 15) is 13.6 Å². The molecular formula is C27H30F2N6O3. The van der Waals surface area contributed by atoms with Crippen molar-refractivity contribution in [1.82, 2.24) is 9.97 Å². The number of aromatic nitrogens is 2. The third-order valence-electron chi connectivity index (χ3n) is 7.27. The van der Waals surface area contributed by atoms with Gasteiger partial charge >= 0.3 is 0 Å². The first-order chi connectivity index (χ1) is 18.4. The van der Waals surface area contributed by atoms with Gasteiger partial charge in [0.15, 0.2) is 5.82 Å². The summed E-state index contributed by atoms with van der Waals surface area (Å²) in [5.41, 5.74) is 4.17. The topological polar surface area (TPSA) is 115 Å². The summed E-state index contributed by atoms with van der Waals surface area (Å²) < 4.78 is 38.1. The highest BCUT2D eigenvalue weighted by atomic mass is 19.3. The Balaban J connectivity index is 1.29. The van der Waals surface area contributed by atoms with E-state index in [0.29, 0.717) is 42.6 Å². The molecule has 0 radical (unpaired) electrons. The number of aromatic amines is 1. The van der Waals surface area contributed by atoms with Gasteiger partial charge in [-0.1, -0.05) is 0 Å². The fourth-order valence-electron chi connectivity index (χ4n) is 4.97. The number of fused-ring (bicyclic) bond motifs is 1. The molecule has 1 saturated carbocycles. The molecule has 1 aromatic heterocycles. The van der Waals surface area contributed by atoms with E-state index in [1.165, 1.54) is 0 Å². The van der Waals surface area contributed by atoms with Gasteiger partial charge in [0.05, 0.1) is 24.2 Å². The Morgan fingerprint density at radius 2 is 1.95 bits per heavy atom. The van der Waals surface area contributed by atoms with Crippen molar-refractivity contribution in [3.63, 3.8) is 0 Å². The summed E-state index contributed by atoms with van der Waals surface area (Å²) >= 11 is 0. The summed E-state index contributed by atoms with van der Waals surface area (Å²) in [7, 11) is 0. The summed E-state index contributed by atoms with van der Waals surface area (Å²) in [6, 6.07) is 11.0. The minimum Gasteiger partial charge on any atom is -0.378 e. The Labute approximate surface area is 218 Å². The van der Waals surface area contributed by atoms with Crippen LogP contribution in [0.5, 0.6) is 0 Å². The van der Waals surface area contributed by atoms with E-state index in [-0.39, 0.29) is 11.9 Å². The van der Waals surface area contributed by atoms with E-state index in [2.05, 4.69) is 25.5 Å². The van der Waals surface area contributed by atoms with Crippen LogP contribution in [0, 0.1) is 11.3 Å². The SMILES string of the molecule is N=C(c1nc2ccc(N3CCOCC3)cc2[nH]1)c1cc(NC(=O)C2CC2(F)F)ccc1NC1CCCCO1. The molecule has 2 aliphatic heterocycles. The van der Waals surface area contributed by atoms with Gasteiger partial charge in [-0.25, -0.2) is 13.8 Å². The van der Waals surface area contributed by atoms with Gasteiger partial charge in [0.25, 0.3) is 5.92 Å². The van der Waals surface area contributed by atoms with Crippen LogP contribution in [-0.2, 0) is 14.3 Å². The Bertz CT molecular complexity index is 1360. The monoisotopic (exact) mass is 524 g/mol. The van der Waals surface area contributed by atoms with E-state index in [1.54, 1.807) is 18.2 Å². The maximum atomic E-state index is 13.4. The van der Waals surface area contributed by atoms with Gasteiger partial charge in [0.2, 0.25) is 5.91 Å². The van der Waals surface area contributed by atoms with Crippen LogP contribution < -0.4 is 15.5 Å². The number of H-pyrrole nitrogens is 1. The molecule has 2 unspecified atom stereocenters. The van der Waals surface area contributed by atoms with Gasteiger partial charge in [0, 0.05) is 48.7 Å². The summed E-state index contributed by atoms with van der Waals surface area (Å²) in [6.45, 7) is 3.65. The van der Waals surface area contributed by atoms with Crippen molar-refractivity contribution in [3.05, 3.63) is 47.8 Å². The zero-order chi connectivity index (χ0) is 26.3. The number of rotatable bonds is 7. The number of nitrogens with one attached hydrogen (secondary N) is 4. The number of amides is 1. The van der Waals surface area contributed by atoms with E-state index in [0.717, 1.165) is 49.1 Å². The van der Waals surface area contributed by atoms with Crippen LogP contribution in [0.4, 0.5) is 25.8 Å². The average Bonchev–Trinajstić information content (AvgIpc) is 3.37. The predicted octanol–water partition coefficient (Wildman–Crippen LogP) is 4.35. The molecule has 11 heteroatoms. The minimum atomic E-state index is -2.95. The van der Waals surface area contributed by atoms with Crippen LogP contribution in [0.3, 0.4) is 0 Å². The van der Waals surface area contributed by atoms with Gasteiger partial charge in [-0.2, -0.15) is 0 Å². The van der Waals surface area contributed by atoms with Gasteiger partial charge < -0.3 is 30.0 Å². The number of carbonyl (C=O) groups excluding carboxylic acids is 1. The fraction of sp³-hybridized carbons (Fsp3) is 0.444. The number of anilines is 3. The molecule has 0 bridgehead atoms. The summed E-state index contributed by atoms with van der Waals surface area (Å²) in [5, 5.41) is 15.0. The van der Waals surface area contributed by atoms with Crippen molar-refractivity contribution in [2.45, 2.75) is 37.8 Å². The second-order valence-corrected chi connectivity index (χ2v) is 10.0. The largest absolute Gasteiger partial charge is 0.378 e. The Hall–Kier alpha value is -3.57. The number of alkyl halides is 2. The molecule has 1 aliphatic carbocycles. The molecule has 2 atom stereocenters. The standard InChI is InChI=1S/C27H30F2N6O3/c28-27(29)15-19(27)26(36)31-16-4-6-20(32-23-3-1-2-10-38-23)18(13-16)24(30)25-33-21-7-5-17(14-22(21)34-25)35-8-11-37-12-9-35/h4-7,13-14,19,23,30,32H,1-3,8-12,15H2,(H,31,36)(H,33,34). The highest BCUT2D eigenvalue weighted by Gasteiger charge is 2.61. The molecule has 3 fully saturated rings. The lowest BCUT2D eigenvalue weighted by molar-refractivity contribution is -0.119. The first-order valence-electron chi connectivity index (χ1n) is 13.0. The van der Waals surface area contributed by atoms with Gasteiger partial charge in [-0.15, -0.1) is 0 Å². The highest BCUT2D eigenvalue weighted by molar-refractivity contribution is 6.14. The van der Waals surface area contributed by atoms with Crippen LogP contribution >= 0.6 is 0 Å². The predicted molar refractivity (Wildman–Crippen MR) is 140 cm³/mol. The summed E-state index contributed by atoms with van der Waals surface area (Å²) in [5.74, 6) is -4.62. The van der Waals surface area contributed by atoms with E-state index < -0.39 is 24.2 Å². The van der Waals surface area contributed by atoms with Crippen molar-refractivity contribution in [2.75, 3.05) is 48.4 Å². The molecule has 38 heavy (non-hydrogen) atoms. The molecular weight excluding hydrogens is 494 g/mol. The second kappa shape index (κ2) is 9.95. The van der Waals surface area contributed by atoms with Crippen LogP contribution in [0.2, 0.25) is 0 Å². The number of imidazole rings is 1. The zero-order valence-electron chi connectivity index (χ0n) is 20.9. The maximum absolute atomic E-state index is 13.4. The molecule has 1 amide bonds. The maximum Gasteiger partial charge on any atom is 0.260 e. The van der Waals surface area contributed by atoms with Gasteiger partial charge in [-0.05, 0) is 55.7 Å². The van der Waals surface area contributed by atoms with Crippen LogP contribution in [-0.4, -0.2) is 66.6 Å². The molecule has 9 nitrogen and oxygen atoms in total. The third kappa shape index (κ3) is 5.08. The lowest BCUT2D eigenvalue weighted by Crippen LogP contribution is -2.36. The van der Waals surface area contributed by atoms with Crippen molar-refractivity contribution in [3.8, 4) is 0 Å². The number of halogens is 2. The molecule has 3 aromatic rings. The van der Waals surface area contributed by atoms with Crippen molar-refractivity contribution >= 4 is 39.7 Å². The number of hydrogen-bond donors (Lipinski definition) is 4. The fourth-order valence-corrected chi connectivity index (χ4v) is 4.97. The van der Waals surface area contributed by atoms with Gasteiger partial charge in [0.1, 0.15) is 17.9 Å². The smallest absolute Gasteiger partial charge is 0.260 e. The Morgan fingerprint density at radius 1 is 1.13 bits per heavy atom. The summed E-state index contributed by atoms with van der Waals surface area (Å²) in [6.07, 6.45) is 2.22. The number of benzene rings is 2.